The van der Waals surface area contributed by atoms with Gasteiger partial charge in [0.2, 0.25) is 0 Å². The standard InChI is InChI=1S/C26H23NO6S/c1-2-31-26(30)23-17-10-7-13-20(17)34-24(23)27-21(28)14-32-25(29)22-15-8-3-5-11-18(15)33-19-12-6-4-9-16(19)22/h3-6,8-9,11-12,22H,2,7,10,13-14H2,1H3,(H,27,28). The van der Waals surface area contributed by atoms with Gasteiger partial charge < -0.3 is 19.5 Å². The molecule has 174 valence electrons. The fraction of sp³-hybridized carbons (Fsp3) is 0.269. The molecule has 2 aromatic carbocycles. The summed E-state index contributed by atoms with van der Waals surface area (Å²) in [4.78, 5) is 39.4. The Morgan fingerprint density at radius 3 is 2.35 bits per heavy atom. The Labute approximate surface area is 200 Å². The van der Waals surface area contributed by atoms with Crippen molar-refractivity contribution in [3.63, 3.8) is 0 Å². The van der Waals surface area contributed by atoms with Gasteiger partial charge in [-0.15, -0.1) is 11.3 Å². The molecule has 0 radical (unpaired) electrons. The predicted octanol–water partition coefficient (Wildman–Crippen LogP) is 4.83. The number of nitrogens with one attached hydrogen (secondary N) is 1. The maximum Gasteiger partial charge on any atom is 0.341 e. The summed E-state index contributed by atoms with van der Waals surface area (Å²) >= 11 is 1.39. The van der Waals surface area contributed by atoms with E-state index in [-0.39, 0.29) is 6.61 Å². The molecule has 1 N–H and O–H groups in total. The van der Waals surface area contributed by atoms with Gasteiger partial charge in [-0.05, 0) is 43.9 Å². The summed E-state index contributed by atoms with van der Waals surface area (Å²) in [5.41, 5.74) is 2.74. The van der Waals surface area contributed by atoms with Gasteiger partial charge in [0.1, 0.15) is 22.4 Å². The second kappa shape index (κ2) is 9.30. The molecule has 8 heteroatoms. The number of hydrogen-bond donors (Lipinski definition) is 1. The number of para-hydroxylation sites is 2. The Bertz CT molecular complexity index is 1230. The monoisotopic (exact) mass is 477 g/mol. The van der Waals surface area contributed by atoms with Crippen LogP contribution in [-0.4, -0.2) is 31.1 Å². The van der Waals surface area contributed by atoms with Crippen molar-refractivity contribution in [1.29, 1.82) is 0 Å². The normalized spacial score (nSPS) is 13.8. The lowest BCUT2D eigenvalue weighted by Gasteiger charge is -2.26. The first kappa shape index (κ1) is 22.2. The van der Waals surface area contributed by atoms with Gasteiger partial charge in [0.05, 0.1) is 12.2 Å². The highest BCUT2D eigenvalue weighted by Crippen LogP contribution is 2.44. The number of thiophene rings is 1. The predicted molar refractivity (Wildman–Crippen MR) is 127 cm³/mol. The Kier molecular flexibility index (Phi) is 6.06. The van der Waals surface area contributed by atoms with Crippen LogP contribution in [-0.2, 0) is 31.9 Å². The molecular weight excluding hydrogens is 454 g/mol. The molecule has 1 amide bonds. The fourth-order valence-corrected chi connectivity index (χ4v) is 5.75. The summed E-state index contributed by atoms with van der Waals surface area (Å²) < 4.78 is 16.6. The molecule has 34 heavy (non-hydrogen) atoms. The van der Waals surface area contributed by atoms with E-state index in [0.717, 1.165) is 29.7 Å². The minimum Gasteiger partial charge on any atom is -0.462 e. The molecule has 0 bridgehead atoms. The zero-order chi connectivity index (χ0) is 23.7. The van der Waals surface area contributed by atoms with Gasteiger partial charge >= 0.3 is 11.9 Å². The van der Waals surface area contributed by atoms with Crippen LogP contribution in [0.25, 0.3) is 0 Å². The Hall–Kier alpha value is -3.65. The molecule has 0 fully saturated rings. The molecule has 1 aliphatic carbocycles. The number of fused-ring (bicyclic) bond motifs is 3. The van der Waals surface area contributed by atoms with Gasteiger partial charge in [-0.2, -0.15) is 0 Å². The van der Waals surface area contributed by atoms with E-state index in [1.54, 1.807) is 19.1 Å². The number of carbonyl (C=O) groups is 3. The van der Waals surface area contributed by atoms with Crippen LogP contribution in [0.1, 0.15) is 51.2 Å². The van der Waals surface area contributed by atoms with E-state index in [1.165, 1.54) is 11.3 Å². The molecule has 0 spiro atoms. The van der Waals surface area contributed by atoms with Gasteiger partial charge in [-0.3, -0.25) is 9.59 Å². The minimum atomic E-state index is -0.699. The van der Waals surface area contributed by atoms with E-state index < -0.39 is 30.4 Å². The van der Waals surface area contributed by atoms with E-state index in [0.29, 0.717) is 33.2 Å². The first-order valence-corrected chi connectivity index (χ1v) is 12.0. The van der Waals surface area contributed by atoms with Crippen LogP contribution >= 0.6 is 11.3 Å². The maximum absolute atomic E-state index is 13.1. The molecule has 2 aliphatic rings. The third kappa shape index (κ3) is 4.05. The van der Waals surface area contributed by atoms with Crippen molar-refractivity contribution in [2.24, 2.45) is 0 Å². The van der Waals surface area contributed by atoms with Crippen LogP contribution in [0.15, 0.2) is 48.5 Å². The Balaban J connectivity index is 1.31. The fourth-order valence-electron chi connectivity index (χ4n) is 4.46. The summed E-state index contributed by atoms with van der Waals surface area (Å²) in [6, 6.07) is 14.6. The van der Waals surface area contributed by atoms with Crippen molar-refractivity contribution < 1.29 is 28.6 Å². The van der Waals surface area contributed by atoms with Gasteiger partial charge in [0.25, 0.3) is 5.91 Å². The molecule has 0 atom stereocenters. The number of rotatable bonds is 6. The minimum absolute atomic E-state index is 0.252. The first-order chi connectivity index (χ1) is 16.6. The average Bonchev–Trinajstić information content (AvgIpc) is 3.42. The van der Waals surface area contributed by atoms with Crippen LogP contribution in [0.3, 0.4) is 0 Å². The average molecular weight is 478 g/mol. The van der Waals surface area contributed by atoms with Gasteiger partial charge in [-0.1, -0.05) is 36.4 Å². The highest BCUT2D eigenvalue weighted by atomic mass is 32.1. The number of esters is 2. The number of amides is 1. The number of benzene rings is 2. The molecule has 1 aliphatic heterocycles. The van der Waals surface area contributed by atoms with E-state index in [4.69, 9.17) is 14.2 Å². The van der Waals surface area contributed by atoms with Crippen LogP contribution in [0.4, 0.5) is 5.00 Å². The number of hydrogen-bond acceptors (Lipinski definition) is 7. The third-order valence-corrected chi connectivity index (χ3v) is 7.12. The summed E-state index contributed by atoms with van der Waals surface area (Å²) in [7, 11) is 0. The lowest BCUT2D eigenvalue weighted by atomic mass is 9.88. The topological polar surface area (TPSA) is 90.9 Å². The van der Waals surface area contributed by atoms with E-state index in [9.17, 15) is 14.4 Å². The smallest absolute Gasteiger partial charge is 0.341 e. The molecule has 2 heterocycles. The molecule has 1 aromatic heterocycles. The zero-order valence-electron chi connectivity index (χ0n) is 18.6. The molecule has 7 nitrogen and oxygen atoms in total. The van der Waals surface area contributed by atoms with Gasteiger partial charge in [0, 0.05) is 16.0 Å². The molecule has 0 saturated heterocycles. The Morgan fingerprint density at radius 2 is 1.68 bits per heavy atom. The van der Waals surface area contributed by atoms with E-state index in [2.05, 4.69) is 5.32 Å². The zero-order valence-corrected chi connectivity index (χ0v) is 19.4. The summed E-state index contributed by atoms with van der Waals surface area (Å²) in [5.74, 6) is -1.02. The van der Waals surface area contributed by atoms with Crippen molar-refractivity contribution in [2.45, 2.75) is 32.1 Å². The van der Waals surface area contributed by atoms with Crippen molar-refractivity contribution in [1.82, 2.24) is 0 Å². The highest BCUT2D eigenvalue weighted by molar-refractivity contribution is 7.17. The van der Waals surface area contributed by atoms with Gasteiger partial charge in [-0.25, -0.2) is 4.79 Å². The van der Waals surface area contributed by atoms with Crippen LogP contribution in [0, 0.1) is 0 Å². The molecule has 0 saturated carbocycles. The third-order valence-electron chi connectivity index (χ3n) is 5.91. The van der Waals surface area contributed by atoms with Gasteiger partial charge in [0.15, 0.2) is 6.61 Å². The van der Waals surface area contributed by atoms with Crippen molar-refractivity contribution in [3.05, 3.63) is 75.7 Å². The second-order valence-corrected chi connectivity index (χ2v) is 9.15. The SMILES string of the molecule is CCOC(=O)c1c(NC(=O)COC(=O)C2c3ccccc3Oc3ccccc32)sc2c1CCC2. The maximum atomic E-state index is 13.1. The summed E-state index contributed by atoms with van der Waals surface area (Å²) in [6.07, 6.45) is 2.64. The summed E-state index contributed by atoms with van der Waals surface area (Å²) in [5, 5.41) is 3.20. The number of anilines is 1. The second-order valence-electron chi connectivity index (χ2n) is 8.05. The molecule has 0 unspecified atom stereocenters. The van der Waals surface area contributed by atoms with Crippen molar-refractivity contribution in [3.8, 4) is 11.5 Å². The molecule has 3 aromatic rings. The highest BCUT2D eigenvalue weighted by Gasteiger charge is 2.34. The van der Waals surface area contributed by atoms with Crippen LogP contribution in [0.5, 0.6) is 11.5 Å². The Morgan fingerprint density at radius 1 is 1.00 bits per heavy atom. The quantitative estimate of drug-likeness (QED) is 0.511. The number of ether oxygens (including phenoxy) is 3. The van der Waals surface area contributed by atoms with E-state index in [1.807, 2.05) is 36.4 Å². The summed E-state index contributed by atoms with van der Waals surface area (Å²) in [6.45, 7) is 1.53. The first-order valence-electron chi connectivity index (χ1n) is 11.2. The lowest BCUT2D eigenvalue weighted by molar-refractivity contribution is -0.148. The van der Waals surface area contributed by atoms with Crippen LogP contribution < -0.4 is 10.1 Å². The molecular formula is C26H23NO6S. The lowest BCUT2D eigenvalue weighted by Crippen LogP contribution is -2.26. The van der Waals surface area contributed by atoms with Crippen molar-refractivity contribution in [2.75, 3.05) is 18.5 Å². The van der Waals surface area contributed by atoms with E-state index >= 15 is 0 Å². The van der Waals surface area contributed by atoms with Crippen LogP contribution in [0.2, 0.25) is 0 Å². The van der Waals surface area contributed by atoms with Crippen molar-refractivity contribution >= 4 is 34.2 Å². The molecule has 5 rings (SSSR count). The largest absolute Gasteiger partial charge is 0.462 e. The number of aryl methyl sites for hydroxylation is 1. The number of carbonyl (C=O) groups excluding carboxylic acids is 3.